The highest BCUT2D eigenvalue weighted by Gasteiger charge is 2.46. The molecule has 1 N–H and O–H groups in total. The molecule has 1 atom stereocenters. The molecule has 222 valence electrons. The molecular weight excluding hydrogens is 542 g/mol. The molecule has 0 saturated carbocycles. The molecule has 2 fully saturated rings. The number of benzene rings is 2. The quantitative estimate of drug-likeness (QED) is 0.272. The van der Waals surface area contributed by atoms with Crippen molar-refractivity contribution in [2.75, 3.05) is 52.5 Å². The van der Waals surface area contributed by atoms with Gasteiger partial charge in [0, 0.05) is 31.7 Å². The number of likely N-dealkylation sites (tertiary alicyclic amines) is 1. The van der Waals surface area contributed by atoms with Crippen molar-refractivity contribution in [2.24, 2.45) is 0 Å². The Morgan fingerprint density at radius 1 is 0.976 bits per heavy atom. The van der Waals surface area contributed by atoms with Crippen LogP contribution in [-0.2, 0) is 29.8 Å². The van der Waals surface area contributed by atoms with Crippen molar-refractivity contribution in [2.45, 2.75) is 51.0 Å². The Bertz CT molecular complexity index is 1380. The standard InChI is InChI=1S/C31H41N3O6S/c1-6-32(7-2)16-17-34-27(22-8-12-24(13-9-22)31(3,4)5)26(29(36)30(34)37)28(35)23-10-14-25(15-11-23)41(38,39)33-18-20-40-21-19-33/h8-15,27,35H,6-7,16-21H2,1-5H3/t27-/m0/s1. The fourth-order valence-corrected chi connectivity index (χ4v) is 6.70. The lowest BCUT2D eigenvalue weighted by molar-refractivity contribution is -0.140. The summed E-state index contributed by atoms with van der Waals surface area (Å²) in [5, 5.41) is 11.4. The molecule has 0 aromatic heterocycles. The second-order valence-corrected chi connectivity index (χ2v) is 13.4. The summed E-state index contributed by atoms with van der Waals surface area (Å²) in [6.07, 6.45) is 0. The minimum atomic E-state index is -3.72. The zero-order valence-electron chi connectivity index (χ0n) is 24.6. The number of aliphatic hydroxyl groups is 1. The molecule has 2 aromatic rings. The number of rotatable bonds is 9. The Labute approximate surface area is 243 Å². The summed E-state index contributed by atoms with van der Waals surface area (Å²) in [5.74, 6) is -1.74. The number of ketones is 1. The highest BCUT2D eigenvalue weighted by Crippen LogP contribution is 2.40. The van der Waals surface area contributed by atoms with Crippen molar-refractivity contribution in [1.82, 2.24) is 14.1 Å². The summed E-state index contributed by atoms with van der Waals surface area (Å²) in [4.78, 5) is 30.5. The third-order valence-electron chi connectivity index (χ3n) is 7.92. The second-order valence-electron chi connectivity index (χ2n) is 11.4. The molecule has 9 nitrogen and oxygen atoms in total. The topological polar surface area (TPSA) is 107 Å². The van der Waals surface area contributed by atoms with E-state index in [1.54, 1.807) is 0 Å². The average Bonchev–Trinajstić information content (AvgIpc) is 3.22. The molecule has 4 rings (SSSR count). The van der Waals surface area contributed by atoms with E-state index in [2.05, 4.69) is 25.7 Å². The van der Waals surface area contributed by atoms with Crippen LogP contribution in [0.2, 0.25) is 0 Å². The van der Waals surface area contributed by atoms with Gasteiger partial charge in [0.15, 0.2) is 0 Å². The van der Waals surface area contributed by atoms with Crippen LogP contribution in [0.15, 0.2) is 59.0 Å². The first kappa shape index (κ1) is 30.9. The predicted octanol–water partition coefficient (Wildman–Crippen LogP) is 3.77. The number of carbonyl (C=O) groups excluding carboxylic acids is 2. The third kappa shape index (κ3) is 6.40. The van der Waals surface area contributed by atoms with E-state index < -0.39 is 27.8 Å². The smallest absolute Gasteiger partial charge is 0.295 e. The highest BCUT2D eigenvalue weighted by atomic mass is 32.2. The van der Waals surface area contributed by atoms with Gasteiger partial charge < -0.3 is 19.6 Å². The van der Waals surface area contributed by atoms with Gasteiger partial charge in [-0.15, -0.1) is 0 Å². The van der Waals surface area contributed by atoms with Crippen molar-refractivity contribution >= 4 is 27.5 Å². The number of ether oxygens (including phenoxy) is 1. The zero-order chi connectivity index (χ0) is 29.9. The molecule has 0 radical (unpaired) electrons. The maximum absolute atomic E-state index is 13.4. The summed E-state index contributed by atoms with van der Waals surface area (Å²) in [6, 6.07) is 12.8. The fraction of sp³-hybridized carbons (Fsp3) is 0.484. The van der Waals surface area contributed by atoms with Gasteiger partial charge >= 0.3 is 0 Å². The number of amides is 1. The fourth-order valence-electron chi connectivity index (χ4n) is 5.29. The summed E-state index contributed by atoms with van der Waals surface area (Å²) in [7, 11) is -3.72. The molecule has 0 bridgehead atoms. The van der Waals surface area contributed by atoms with Crippen LogP contribution in [0.1, 0.15) is 57.4 Å². The Balaban J connectivity index is 1.74. The van der Waals surface area contributed by atoms with Crippen LogP contribution in [-0.4, -0.2) is 91.8 Å². The third-order valence-corrected chi connectivity index (χ3v) is 9.83. The Morgan fingerprint density at radius 3 is 2.10 bits per heavy atom. The first-order valence-electron chi connectivity index (χ1n) is 14.2. The SMILES string of the molecule is CCN(CC)CCN1C(=O)C(=O)C(=C(O)c2ccc(S(=O)(=O)N3CCOCC3)cc2)[C@@H]1c1ccc(C(C)(C)C)cc1. The number of morpholine rings is 1. The molecule has 2 aliphatic heterocycles. The van der Waals surface area contributed by atoms with Gasteiger partial charge in [0.1, 0.15) is 5.76 Å². The Morgan fingerprint density at radius 2 is 1.56 bits per heavy atom. The molecule has 2 aromatic carbocycles. The van der Waals surface area contributed by atoms with E-state index in [9.17, 15) is 23.1 Å². The van der Waals surface area contributed by atoms with Gasteiger partial charge in [0.2, 0.25) is 10.0 Å². The Kier molecular flexibility index (Phi) is 9.38. The van der Waals surface area contributed by atoms with Crippen LogP contribution in [0, 0.1) is 0 Å². The van der Waals surface area contributed by atoms with E-state index in [4.69, 9.17) is 4.74 Å². The number of likely N-dealkylation sites (N-methyl/N-ethyl adjacent to an activating group) is 1. The van der Waals surface area contributed by atoms with Crippen LogP contribution in [0.3, 0.4) is 0 Å². The van der Waals surface area contributed by atoms with Crippen LogP contribution < -0.4 is 0 Å². The second kappa shape index (κ2) is 12.4. The average molecular weight is 584 g/mol. The van der Waals surface area contributed by atoms with Gasteiger partial charge in [-0.25, -0.2) is 8.42 Å². The van der Waals surface area contributed by atoms with E-state index in [0.29, 0.717) is 26.3 Å². The van der Waals surface area contributed by atoms with Gasteiger partial charge in [-0.1, -0.05) is 58.9 Å². The molecule has 0 spiro atoms. The van der Waals surface area contributed by atoms with Crippen LogP contribution >= 0.6 is 0 Å². The van der Waals surface area contributed by atoms with Crippen molar-refractivity contribution in [3.63, 3.8) is 0 Å². The number of aliphatic hydroxyl groups excluding tert-OH is 1. The first-order valence-corrected chi connectivity index (χ1v) is 15.6. The molecule has 2 saturated heterocycles. The predicted molar refractivity (Wildman–Crippen MR) is 158 cm³/mol. The largest absolute Gasteiger partial charge is 0.507 e. The zero-order valence-corrected chi connectivity index (χ0v) is 25.4. The minimum absolute atomic E-state index is 0.00171. The summed E-state index contributed by atoms with van der Waals surface area (Å²) in [6.45, 7) is 14.2. The van der Waals surface area contributed by atoms with E-state index in [1.807, 2.05) is 38.1 Å². The monoisotopic (exact) mass is 583 g/mol. The van der Waals surface area contributed by atoms with Crippen molar-refractivity contribution in [3.8, 4) is 0 Å². The number of hydrogen-bond acceptors (Lipinski definition) is 7. The van der Waals surface area contributed by atoms with Crippen LogP contribution in [0.25, 0.3) is 5.76 Å². The summed E-state index contributed by atoms with van der Waals surface area (Å²) >= 11 is 0. The molecule has 0 unspecified atom stereocenters. The Hall–Kier alpha value is -3.05. The number of sulfonamides is 1. The summed E-state index contributed by atoms with van der Waals surface area (Å²) < 4.78 is 32.8. The lowest BCUT2D eigenvalue weighted by Gasteiger charge is -2.29. The molecule has 10 heteroatoms. The molecule has 2 heterocycles. The van der Waals surface area contributed by atoms with Gasteiger partial charge in [-0.2, -0.15) is 4.31 Å². The molecule has 0 aliphatic carbocycles. The normalized spacial score (nSPS) is 20.2. The van der Waals surface area contributed by atoms with E-state index in [1.165, 1.54) is 33.5 Å². The van der Waals surface area contributed by atoms with Gasteiger partial charge in [0.25, 0.3) is 11.7 Å². The maximum atomic E-state index is 13.4. The van der Waals surface area contributed by atoms with E-state index in [-0.39, 0.29) is 40.3 Å². The van der Waals surface area contributed by atoms with Gasteiger partial charge in [0.05, 0.1) is 29.7 Å². The van der Waals surface area contributed by atoms with Crippen molar-refractivity contribution < 1.29 is 27.9 Å². The first-order chi connectivity index (χ1) is 19.4. The number of hydrogen-bond donors (Lipinski definition) is 1. The lowest BCUT2D eigenvalue weighted by atomic mass is 9.85. The number of Topliss-reactive ketones (excluding diaryl/α,β-unsaturated/α-hetero) is 1. The lowest BCUT2D eigenvalue weighted by Crippen LogP contribution is -2.40. The number of nitrogens with zero attached hydrogens (tertiary/aromatic N) is 3. The summed E-state index contributed by atoms with van der Waals surface area (Å²) in [5.41, 5.74) is 2.03. The molecule has 1 amide bonds. The van der Waals surface area contributed by atoms with Crippen LogP contribution in [0.4, 0.5) is 0 Å². The molecule has 2 aliphatic rings. The van der Waals surface area contributed by atoms with Crippen molar-refractivity contribution in [3.05, 3.63) is 70.8 Å². The molecular formula is C31H41N3O6S. The highest BCUT2D eigenvalue weighted by molar-refractivity contribution is 7.89. The van der Waals surface area contributed by atoms with Crippen LogP contribution in [0.5, 0.6) is 0 Å². The minimum Gasteiger partial charge on any atom is -0.507 e. The van der Waals surface area contributed by atoms with E-state index >= 15 is 0 Å². The maximum Gasteiger partial charge on any atom is 0.295 e. The van der Waals surface area contributed by atoms with E-state index in [0.717, 1.165) is 24.2 Å². The molecule has 41 heavy (non-hydrogen) atoms. The number of carbonyl (C=O) groups is 2. The van der Waals surface area contributed by atoms with Gasteiger partial charge in [-0.05, 0) is 53.9 Å². The van der Waals surface area contributed by atoms with Crippen molar-refractivity contribution in [1.29, 1.82) is 0 Å². The van der Waals surface area contributed by atoms with Gasteiger partial charge in [-0.3, -0.25) is 9.59 Å².